The molecule has 12 heteroatoms. The van der Waals surface area contributed by atoms with Crippen molar-refractivity contribution < 1.29 is 49.4 Å². The van der Waals surface area contributed by atoms with Gasteiger partial charge in [-0.05, 0) is 42.0 Å². The summed E-state index contributed by atoms with van der Waals surface area (Å²) >= 11 is 0. The summed E-state index contributed by atoms with van der Waals surface area (Å²) in [6, 6.07) is 9.82. The molecule has 4 rings (SSSR count). The maximum atomic E-state index is 12.7. The van der Waals surface area contributed by atoms with E-state index in [9.17, 15) is 45.0 Å². The van der Waals surface area contributed by atoms with Crippen LogP contribution >= 0.6 is 0 Å². The quantitative estimate of drug-likeness (QED) is 0.0789. The zero-order valence-electron chi connectivity index (χ0n) is 19.9. The highest BCUT2D eigenvalue weighted by atomic mass is 16.5. The van der Waals surface area contributed by atoms with Gasteiger partial charge in [-0.3, -0.25) is 9.59 Å². The molecule has 1 unspecified atom stereocenters. The molecule has 1 amide bonds. The molecular formula is C27H21NO11. The van der Waals surface area contributed by atoms with Crippen LogP contribution in [-0.4, -0.2) is 55.2 Å². The Hall–Kier alpha value is -5.49. The molecule has 0 bridgehead atoms. The van der Waals surface area contributed by atoms with Crippen molar-refractivity contribution in [2.24, 2.45) is 0 Å². The Labute approximate surface area is 218 Å². The van der Waals surface area contributed by atoms with E-state index in [0.717, 1.165) is 30.3 Å². The highest BCUT2D eigenvalue weighted by Gasteiger charge is 2.24. The average molecular weight is 535 g/mol. The number of aliphatic hydroxyl groups is 1. The third-order valence-electron chi connectivity index (χ3n) is 5.48. The number of aliphatic hydroxyl groups excluding tert-OH is 1. The lowest BCUT2D eigenvalue weighted by Crippen LogP contribution is -2.44. The SMILES string of the molecule is O=C(/C=C/c1ccc(O)cc1)NC(CO)C(=O)Oc1cc(O)c2c(=O)c(O)c(-c3ccc(O)c(O)c3)oc2c1. The lowest BCUT2D eigenvalue weighted by atomic mass is 10.1. The Bertz CT molecular complexity index is 1660. The summed E-state index contributed by atoms with van der Waals surface area (Å²) in [5.41, 5.74) is -0.709. The summed E-state index contributed by atoms with van der Waals surface area (Å²) in [5, 5.41) is 60.7. The first kappa shape index (κ1) is 26.6. The monoisotopic (exact) mass is 535 g/mol. The third-order valence-corrected chi connectivity index (χ3v) is 5.48. The molecule has 0 saturated carbocycles. The predicted octanol–water partition coefficient (Wildman–Crippen LogP) is 2.08. The molecule has 1 heterocycles. The van der Waals surface area contributed by atoms with Crippen LogP contribution in [0.5, 0.6) is 34.5 Å². The van der Waals surface area contributed by atoms with Crippen molar-refractivity contribution in [3.05, 3.63) is 76.5 Å². The van der Waals surface area contributed by atoms with Crippen LogP contribution in [-0.2, 0) is 9.59 Å². The van der Waals surface area contributed by atoms with E-state index in [1.54, 1.807) is 12.1 Å². The van der Waals surface area contributed by atoms with Gasteiger partial charge in [0, 0.05) is 23.8 Å². The number of fused-ring (bicyclic) bond motifs is 1. The molecule has 0 spiro atoms. The van der Waals surface area contributed by atoms with E-state index in [4.69, 9.17) is 9.15 Å². The van der Waals surface area contributed by atoms with E-state index >= 15 is 0 Å². The van der Waals surface area contributed by atoms with E-state index in [-0.39, 0.29) is 22.6 Å². The maximum absolute atomic E-state index is 12.7. The first-order chi connectivity index (χ1) is 18.6. The summed E-state index contributed by atoms with van der Waals surface area (Å²) in [4.78, 5) is 37.5. The molecule has 39 heavy (non-hydrogen) atoms. The fourth-order valence-electron chi connectivity index (χ4n) is 3.53. The zero-order valence-corrected chi connectivity index (χ0v) is 19.9. The number of amides is 1. The Morgan fingerprint density at radius 2 is 1.64 bits per heavy atom. The molecule has 0 aliphatic carbocycles. The van der Waals surface area contributed by atoms with Gasteiger partial charge in [-0.2, -0.15) is 0 Å². The van der Waals surface area contributed by atoms with Gasteiger partial charge in [-0.15, -0.1) is 0 Å². The number of carbonyl (C=O) groups is 2. The van der Waals surface area contributed by atoms with Gasteiger partial charge >= 0.3 is 5.97 Å². The number of phenolic OH excluding ortho intramolecular Hbond substituents is 4. The number of hydrogen-bond donors (Lipinski definition) is 7. The van der Waals surface area contributed by atoms with Crippen molar-refractivity contribution in [2.45, 2.75) is 6.04 Å². The minimum Gasteiger partial charge on any atom is -0.508 e. The third kappa shape index (κ3) is 5.76. The largest absolute Gasteiger partial charge is 0.508 e. The van der Waals surface area contributed by atoms with Crippen molar-refractivity contribution in [3.8, 4) is 45.8 Å². The van der Waals surface area contributed by atoms with Gasteiger partial charge in [0.2, 0.25) is 17.1 Å². The van der Waals surface area contributed by atoms with Crippen molar-refractivity contribution in [1.29, 1.82) is 0 Å². The van der Waals surface area contributed by atoms with Crippen LogP contribution < -0.4 is 15.5 Å². The number of phenols is 4. The predicted molar refractivity (Wildman–Crippen MR) is 136 cm³/mol. The number of esters is 1. The number of hydrogen-bond acceptors (Lipinski definition) is 11. The van der Waals surface area contributed by atoms with Gasteiger partial charge < -0.3 is 45.1 Å². The van der Waals surface area contributed by atoms with E-state index in [0.29, 0.717) is 5.56 Å². The average Bonchev–Trinajstić information content (AvgIpc) is 2.90. The van der Waals surface area contributed by atoms with Crippen LogP contribution in [0.2, 0.25) is 0 Å². The van der Waals surface area contributed by atoms with Crippen molar-refractivity contribution >= 4 is 28.9 Å². The van der Waals surface area contributed by atoms with Gasteiger partial charge in [-0.1, -0.05) is 12.1 Å². The lowest BCUT2D eigenvalue weighted by Gasteiger charge is -2.15. The van der Waals surface area contributed by atoms with Crippen molar-refractivity contribution in [1.82, 2.24) is 5.32 Å². The van der Waals surface area contributed by atoms with Crippen LogP contribution in [0.1, 0.15) is 5.56 Å². The molecule has 3 aromatic carbocycles. The zero-order chi connectivity index (χ0) is 28.3. The smallest absolute Gasteiger partial charge is 0.336 e. The van der Waals surface area contributed by atoms with Crippen LogP contribution in [0.25, 0.3) is 28.4 Å². The summed E-state index contributed by atoms with van der Waals surface area (Å²) in [5.74, 6) is -5.07. The Balaban J connectivity index is 1.57. The number of benzene rings is 3. The molecule has 200 valence electrons. The van der Waals surface area contributed by atoms with E-state index in [1.165, 1.54) is 24.3 Å². The molecule has 0 aliphatic rings. The Kier molecular flexibility index (Phi) is 7.40. The van der Waals surface area contributed by atoms with E-state index in [2.05, 4.69) is 5.32 Å². The molecule has 7 N–H and O–H groups in total. The van der Waals surface area contributed by atoms with E-state index < -0.39 is 64.1 Å². The molecule has 0 aliphatic heterocycles. The fourth-order valence-corrected chi connectivity index (χ4v) is 3.53. The second-order valence-electron chi connectivity index (χ2n) is 8.22. The van der Waals surface area contributed by atoms with Crippen LogP contribution in [0.3, 0.4) is 0 Å². The highest BCUT2D eigenvalue weighted by molar-refractivity contribution is 5.95. The Morgan fingerprint density at radius 3 is 2.31 bits per heavy atom. The number of nitrogens with one attached hydrogen (secondary N) is 1. The first-order valence-electron chi connectivity index (χ1n) is 11.2. The second-order valence-corrected chi connectivity index (χ2v) is 8.22. The molecule has 1 atom stereocenters. The molecule has 12 nitrogen and oxygen atoms in total. The standard InChI is InChI=1S/C27H21NO11/c29-12-17(28-22(34)8-3-13-1-5-15(30)6-2-13)27(37)38-16-10-20(33)23-21(11-16)39-26(25(36)24(23)35)14-4-7-18(31)19(32)9-14/h1-11,17,29-33,36H,12H2,(H,28,34)/b8-3+. The molecule has 1 aromatic heterocycles. The topological polar surface area (TPSA) is 207 Å². The van der Waals surface area contributed by atoms with Crippen molar-refractivity contribution in [2.75, 3.05) is 6.61 Å². The van der Waals surface area contributed by atoms with Crippen molar-refractivity contribution in [3.63, 3.8) is 0 Å². The van der Waals surface area contributed by atoms with Gasteiger partial charge in [0.15, 0.2) is 23.3 Å². The highest BCUT2D eigenvalue weighted by Crippen LogP contribution is 2.38. The minimum absolute atomic E-state index is 0.0205. The molecular weight excluding hydrogens is 514 g/mol. The van der Waals surface area contributed by atoms with Gasteiger partial charge in [0.1, 0.15) is 28.2 Å². The van der Waals surface area contributed by atoms with Gasteiger partial charge in [0.25, 0.3) is 0 Å². The van der Waals surface area contributed by atoms with Crippen LogP contribution in [0, 0.1) is 0 Å². The normalized spacial score (nSPS) is 11.9. The van der Waals surface area contributed by atoms with Crippen LogP contribution in [0.15, 0.2) is 69.9 Å². The summed E-state index contributed by atoms with van der Waals surface area (Å²) in [6.07, 6.45) is 2.52. The summed E-state index contributed by atoms with van der Waals surface area (Å²) in [6.45, 7) is -0.825. The second kappa shape index (κ2) is 10.9. The van der Waals surface area contributed by atoms with Gasteiger partial charge in [0.05, 0.1) is 6.61 Å². The fraction of sp³-hybridized carbons (Fsp3) is 0.0741. The summed E-state index contributed by atoms with van der Waals surface area (Å²) < 4.78 is 10.7. The maximum Gasteiger partial charge on any atom is 0.336 e. The number of ether oxygens (including phenoxy) is 1. The molecule has 0 saturated heterocycles. The first-order valence-corrected chi connectivity index (χ1v) is 11.2. The Morgan fingerprint density at radius 1 is 0.923 bits per heavy atom. The number of aromatic hydroxyl groups is 5. The molecule has 0 radical (unpaired) electrons. The van der Waals surface area contributed by atoms with Crippen LogP contribution in [0.4, 0.5) is 0 Å². The number of carbonyl (C=O) groups excluding carboxylic acids is 2. The molecule has 4 aromatic rings. The van der Waals surface area contributed by atoms with E-state index in [1.807, 2.05) is 0 Å². The summed E-state index contributed by atoms with van der Waals surface area (Å²) in [7, 11) is 0. The van der Waals surface area contributed by atoms with Gasteiger partial charge in [-0.25, -0.2) is 4.79 Å². The molecule has 0 fully saturated rings. The lowest BCUT2D eigenvalue weighted by molar-refractivity contribution is -0.139. The minimum atomic E-state index is -1.50. The number of rotatable bonds is 7.